The first-order valence-electron chi connectivity index (χ1n) is 9.19. The van der Waals surface area contributed by atoms with E-state index in [9.17, 15) is 4.79 Å². The summed E-state index contributed by atoms with van der Waals surface area (Å²) in [6.45, 7) is 5.75. The second kappa shape index (κ2) is 7.35. The number of amides is 1. The topological polar surface area (TPSA) is 32.3 Å². The molecular formula is C21H27ClN2O. The molecule has 2 fully saturated rings. The Morgan fingerprint density at radius 1 is 1.16 bits per heavy atom. The van der Waals surface area contributed by atoms with Crippen molar-refractivity contribution in [2.45, 2.75) is 32.7 Å². The van der Waals surface area contributed by atoms with Crippen LogP contribution in [0.2, 0.25) is 0 Å². The Bertz CT molecular complexity index is 754. The summed E-state index contributed by atoms with van der Waals surface area (Å²) in [5.41, 5.74) is 1.54. The fourth-order valence-corrected chi connectivity index (χ4v) is 4.30. The van der Waals surface area contributed by atoms with Gasteiger partial charge in [-0.05, 0) is 67.1 Å². The fourth-order valence-electron chi connectivity index (χ4n) is 4.30. The van der Waals surface area contributed by atoms with E-state index >= 15 is 0 Å². The lowest BCUT2D eigenvalue weighted by molar-refractivity contribution is -0.134. The number of hydrogen-bond acceptors (Lipinski definition) is 2. The van der Waals surface area contributed by atoms with Crippen LogP contribution < -0.4 is 5.32 Å². The molecule has 2 aromatic rings. The van der Waals surface area contributed by atoms with Gasteiger partial charge in [0.2, 0.25) is 5.91 Å². The predicted molar refractivity (Wildman–Crippen MR) is 105 cm³/mol. The van der Waals surface area contributed by atoms with E-state index in [1.54, 1.807) is 0 Å². The first kappa shape index (κ1) is 18.2. The van der Waals surface area contributed by atoms with Crippen molar-refractivity contribution in [1.29, 1.82) is 0 Å². The second-order valence-corrected chi connectivity index (χ2v) is 7.40. The summed E-state index contributed by atoms with van der Waals surface area (Å²) in [7, 11) is 0. The average Bonchev–Trinajstić information content (AvgIpc) is 3.32. The Morgan fingerprint density at radius 3 is 2.60 bits per heavy atom. The van der Waals surface area contributed by atoms with Gasteiger partial charge in [0.1, 0.15) is 0 Å². The Labute approximate surface area is 156 Å². The van der Waals surface area contributed by atoms with Crippen LogP contribution in [0.5, 0.6) is 0 Å². The largest absolute Gasteiger partial charge is 0.338 e. The highest BCUT2D eigenvalue weighted by atomic mass is 35.5. The zero-order chi connectivity index (χ0) is 16.6. The van der Waals surface area contributed by atoms with Crippen LogP contribution in [0, 0.1) is 11.3 Å². The Morgan fingerprint density at radius 2 is 1.88 bits per heavy atom. The summed E-state index contributed by atoms with van der Waals surface area (Å²) in [4.78, 5) is 15.0. The van der Waals surface area contributed by atoms with Crippen LogP contribution in [0.3, 0.4) is 0 Å². The summed E-state index contributed by atoms with van der Waals surface area (Å²) in [6.07, 6.45) is 3.43. The van der Waals surface area contributed by atoms with E-state index in [-0.39, 0.29) is 18.3 Å². The number of piperidine rings is 1. The number of nitrogens with zero attached hydrogens (tertiary/aromatic N) is 1. The first-order valence-corrected chi connectivity index (χ1v) is 9.19. The quantitative estimate of drug-likeness (QED) is 0.895. The minimum atomic E-state index is 0. The molecule has 134 valence electrons. The van der Waals surface area contributed by atoms with Crippen molar-refractivity contribution >= 4 is 29.1 Å². The van der Waals surface area contributed by atoms with Crippen molar-refractivity contribution in [1.82, 2.24) is 10.2 Å². The third-order valence-corrected chi connectivity index (χ3v) is 5.97. The molecule has 2 aliphatic rings. The molecule has 1 atom stereocenters. The Kier molecular flexibility index (Phi) is 5.35. The molecular weight excluding hydrogens is 332 g/mol. The highest BCUT2D eigenvalue weighted by Gasteiger charge is 2.58. The molecule has 0 aromatic heterocycles. The van der Waals surface area contributed by atoms with Gasteiger partial charge in [-0.1, -0.05) is 36.4 Å². The van der Waals surface area contributed by atoms with E-state index in [1.165, 1.54) is 16.3 Å². The van der Waals surface area contributed by atoms with Gasteiger partial charge in [0, 0.05) is 19.0 Å². The molecule has 3 nitrogen and oxygen atoms in total. The lowest BCUT2D eigenvalue weighted by atomic mass is 9.91. The monoisotopic (exact) mass is 358 g/mol. The third-order valence-electron chi connectivity index (χ3n) is 5.97. The van der Waals surface area contributed by atoms with Gasteiger partial charge >= 0.3 is 0 Å². The van der Waals surface area contributed by atoms with Gasteiger partial charge in [-0.25, -0.2) is 0 Å². The van der Waals surface area contributed by atoms with Gasteiger partial charge in [-0.2, -0.15) is 0 Å². The number of benzene rings is 2. The van der Waals surface area contributed by atoms with Crippen LogP contribution in [0.15, 0.2) is 42.5 Å². The average molecular weight is 359 g/mol. The number of halogens is 1. The van der Waals surface area contributed by atoms with Crippen LogP contribution in [0.4, 0.5) is 0 Å². The van der Waals surface area contributed by atoms with E-state index < -0.39 is 0 Å². The summed E-state index contributed by atoms with van der Waals surface area (Å²) in [5, 5.41) is 5.92. The molecule has 25 heavy (non-hydrogen) atoms. The fraction of sp³-hybridized carbons (Fsp3) is 0.476. The molecule has 0 bridgehead atoms. The summed E-state index contributed by atoms with van der Waals surface area (Å²) in [6, 6.07) is 14.9. The van der Waals surface area contributed by atoms with E-state index in [0.29, 0.717) is 11.3 Å². The minimum absolute atomic E-state index is 0. The second-order valence-electron chi connectivity index (χ2n) is 7.40. The van der Waals surface area contributed by atoms with Gasteiger partial charge in [-0.15, -0.1) is 12.4 Å². The molecule has 1 aliphatic carbocycles. The van der Waals surface area contributed by atoms with Gasteiger partial charge in [-0.3, -0.25) is 4.79 Å². The van der Waals surface area contributed by atoms with Gasteiger partial charge in [0.05, 0.1) is 0 Å². The molecule has 1 saturated heterocycles. The van der Waals surface area contributed by atoms with Gasteiger partial charge in [0.15, 0.2) is 0 Å². The maximum absolute atomic E-state index is 13.0. The molecule has 0 radical (unpaired) electrons. The van der Waals surface area contributed by atoms with E-state index in [2.05, 4.69) is 54.7 Å². The predicted octanol–water partition coefficient (Wildman–Crippen LogP) is 4.00. The van der Waals surface area contributed by atoms with Crippen LogP contribution in [0.25, 0.3) is 10.8 Å². The molecule has 1 saturated carbocycles. The smallest absolute Gasteiger partial charge is 0.226 e. The number of hydrogen-bond donors (Lipinski definition) is 1. The number of carbonyl (C=O) groups is 1. The van der Waals surface area contributed by atoms with Crippen molar-refractivity contribution in [2.75, 3.05) is 19.6 Å². The van der Waals surface area contributed by atoms with Crippen LogP contribution in [-0.2, 0) is 11.3 Å². The number of nitrogens with one attached hydrogen (secondary N) is 1. The molecule has 4 heteroatoms. The maximum atomic E-state index is 13.0. The Balaban J connectivity index is 0.00000182. The summed E-state index contributed by atoms with van der Waals surface area (Å²) < 4.78 is 0. The van der Waals surface area contributed by atoms with Crippen LogP contribution in [0.1, 0.15) is 31.7 Å². The molecule has 4 rings (SSSR count). The minimum Gasteiger partial charge on any atom is -0.338 e. The van der Waals surface area contributed by atoms with Crippen LogP contribution in [-0.4, -0.2) is 30.4 Å². The molecule has 1 heterocycles. The first-order chi connectivity index (χ1) is 11.7. The molecule has 1 spiro atoms. The van der Waals surface area contributed by atoms with E-state index in [0.717, 1.165) is 45.4 Å². The Hall–Kier alpha value is -1.58. The zero-order valence-electron chi connectivity index (χ0n) is 14.8. The van der Waals surface area contributed by atoms with Gasteiger partial charge in [0.25, 0.3) is 0 Å². The number of fused-ring (bicyclic) bond motifs is 1. The van der Waals surface area contributed by atoms with Crippen molar-refractivity contribution in [3.63, 3.8) is 0 Å². The normalized spacial score (nSPS) is 20.9. The molecule has 1 aliphatic heterocycles. The highest BCUT2D eigenvalue weighted by Crippen LogP contribution is 2.59. The molecule has 1 N–H and O–H groups in total. The van der Waals surface area contributed by atoms with Crippen molar-refractivity contribution in [2.24, 2.45) is 11.3 Å². The molecule has 1 amide bonds. The van der Waals surface area contributed by atoms with E-state index in [4.69, 9.17) is 0 Å². The van der Waals surface area contributed by atoms with Gasteiger partial charge < -0.3 is 10.2 Å². The lowest BCUT2D eigenvalue weighted by Crippen LogP contribution is -2.36. The summed E-state index contributed by atoms with van der Waals surface area (Å²) >= 11 is 0. The summed E-state index contributed by atoms with van der Waals surface area (Å²) in [5.74, 6) is 0.632. The van der Waals surface area contributed by atoms with Crippen molar-refractivity contribution < 1.29 is 4.79 Å². The molecule has 2 aromatic carbocycles. The zero-order valence-corrected chi connectivity index (χ0v) is 15.6. The van der Waals surface area contributed by atoms with Crippen molar-refractivity contribution in [3.8, 4) is 0 Å². The van der Waals surface area contributed by atoms with E-state index in [1.807, 2.05) is 4.90 Å². The standard InChI is InChI=1S/C21H26N2O.ClH/c1-2-23(20(24)19-14-21(19)9-11-22-12-10-21)15-16-7-8-17-5-3-4-6-18(17)13-16;/h3-8,13,19,22H,2,9-12,14-15H2,1H3;1H. The lowest BCUT2D eigenvalue weighted by Gasteiger charge is -2.26. The SMILES string of the molecule is CCN(Cc1ccc2ccccc2c1)C(=O)C1CC12CCNCC2.Cl. The highest BCUT2D eigenvalue weighted by molar-refractivity contribution is 5.85. The van der Waals surface area contributed by atoms with Crippen molar-refractivity contribution in [3.05, 3.63) is 48.0 Å². The third kappa shape index (κ3) is 3.54. The molecule has 1 unspecified atom stereocenters. The number of carbonyl (C=O) groups excluding carboxylic acids is 1. The number of rotatable bonds is 4. The van der Waals surface area contributed by atoms with Crippen LogP contribution >= 0.6 is 12.4 Å². The maximum Gasteiger partial charge on any atom is 0.226 e.